The molecule has 0 saturated heterocycles. The van der Waals surface area contributed by atoms with Crippen molar-refractivity contribution in [3.8, 4) is 10.4 Å². The van der Waals surface area contributed by atoms with E-state index in [0.717, 1.165) is 47.0 Å². The average molecular weight is 556 g/mol. The first-order valence-corrected chi connectivity index (χ1v) is 14.4. The highest BCUT2D eigenvalue weighted by atomic mass is 32.1. The fourth-order valence-corrected chi connectivity index (χ4v) is 5.69. The first-order valence-electron chi connectivity index (χ1n) is 13.6. The zero-order valence-electron chi connectivity index (χ0n) is 22.3. The number of nitrogens with one attached hydrogen (secondary N) is 2. The molecule has 1 aromatic heterocycles. The summed E-state index contributed by atoms with van der Waals surface area (Å²) in [6, 6.07) is 10.2. The molecule has 1 saturated carbocycles. The van der Waals surface area contributed by atoms with Crippen LogP contribution in [0, 0.1) is 11.6 Å². The molecule has 3 aromatic rings. The van der Waals surface area contributed by atoms with Crippen LogP contribution in [0.1, 0.15) is 75.8 Å². The van der Waals surface area contributed by atoms with Crippen molar-refractivity contribution in [2.45, 2.75) is 83.5 Å². The molecule has 0 spiro atoms. The molecule has 0 radical (unpaired) electrons. The number of aromatic nitrogens is 1. The van der Waals surface area contributed by atoms with Gasteiger partial charge in [0, 0.05) is 12.3 Å². The van der Waals surface area contributed by atoms with Crippen molar-refractivity contribution in [3.05, 3.63) is 71.4 Å². The molecule has 2 aromatic carbocycles. The van der Waals surface area contributed by atoms with Gasteiger partial charge in [0.25, 0.3) is 0 Å². The molecule has 1 heterocycles. The van der Waals surface area contributed by atoms with Gasteiger partial charge >= 0.3 is 0 Å². The average Bonchev–Trinajstić information content (AvgIpc) is 3.39. The summed E-state index contributed by atoms with van der Waals surface area (Å²) in [6.07, 6.45) is 9.00. The van der Waals surface area contributed by atoms with Gasteiger partial charge in [-0.05, 0) is 55.0 Å². The van der Waals surface area contributed by atoms with E-state index in [-0.39, 0.29) is 5.56 Å². The minimum absolute atomic E-state index is 0.205. The molecule has 1 aliphatic carbocycles. The summed E-state index contributed by atoms with van der Waals surface area (Å²) >= 11 is 1.36. The number of halogens is 2. The lowest BCUT2D eigenvalue weighted by Gasteiger charge is -2.22. The minimum Gasteiger partial charge on any atom is -0.374 e. The van der Waals surface area contributed by atoms with Gasteiger partial charge in [-0.15, -0.1) is 0 Å². The minimum atomic E-state index is -0.832. The Morgan fingerprint density at radius 2 is 1.79 bits per heavy atom. The first-order chi connectivity index (χ1) is 18.8. The topological polar surface area (TPSA) is 80.3 Å². The van der Waals surface area contributed by atoms with Gasteiger partial charge < -0.3 is 15.4 Å². The second-order valence-corrected chi connectivity index (χ2v) is 11.1. The van der Waals surface area contributed by atoms with Crippen molar-refractivity contribution in [1.82, 2.24) is 10.3 Å². The van der Waals surface area contributed by atoms with Gasteiger partial charge in [0.1, 0.15) is 17.7 Å². The molecule has 1 unspecified atom stereocenters. The van der Waals surface area contributed by atoms with Gasteiger partial charge in [-0.1, -0.05) is 68.2 Å². The Morgan fingerprint density at radius 1 is 1.08 bits per heavy atom. The Labute approximate surface area is 232 Å². The predicted molar refractivity (Wildman–Crippen MR) is 149 cm³/mol. The van der Waals surface area contributed by atoms with E-state index in [1.807, 2.05) is 25.1 Å². The zero-order chi connectivity index (χ0) is 27.8. The van der Waals surface area contributed by atoms with Crippen LogP contribution in [0.4, 0.5) is 13.9 Å². The van der Waals surface area contributed by atoms with Crippen LogP contribution in [-0.2, 0) is 20.9 Å². The first kappa shape index (κ1) is 28.8. The number of nitrogens with zero attached hydrogens (tertiary/aromatic N) is 1. The Morgan fingerprint density at radius 3 is 2.51 bits per heavy atom. The van der Waals surface area contributed by atoms with E-state index < -0.39 is 35.4 Å². The van der Waals surface area contributed by atoms with Gasteiger partial charge in [-0.2, -0.15) is 0 Å². The smallest absolute Gasteiger partial charge is 0.248 e. The summed E-state index contributed by atoms with van der Waals surface area (Å²) in [6.45, 7) is 3.98. The molecule has 208 valence electrons. The number of amides is 2. The number of hydrogen-bond donors (Lipinski definition) is 2. The van der Waals surface area contributed by atoms with Crippen LogP contribution < -0.4 is 10.6 Å². The number of carbonyl (C=O) groups excluding carboxylic acids is 2. The highest BCUT2D eigenvalue weighted by Crippen LogP contribution is 2.33. The number of benzene rings is 2. The maximum atomic E-state index is 13.6. The van der Waals surface area contributed by atoms with Crippen LogP contribution in [0.2, 0.25) is 0 Å². The van der Waals surface area contributed by atoms with Gasteiger partial charge in [-0.25, -0.2) is 13.8 Å². The summed E-state index contributed by atoms with van der Waals surface area (Å²) in [7, 11) is 0. The van der Waals surface area contributed by atoms with E-state index in [1.54, 1.807) is 13.1 Å². The molecule has 2 amide bonds. The number of thiazole rings is 1. The van der Waals surface area contributed by atoms with Gasteiger partial charge in [0.05, 0.1) is 23.5 Å². The molecule has 4 rings (SSSR count). The largest absolute Gasteiger partial charge is 0.374 e. The van der Waals surface area contributed by atoms with Crippen molar-refractivity contribution in [3.63, 3.8) is 0 Å². The second kappa shape index (κ2) is 13.8. The zero-order valence-corrected chi connectivity index (χ0v) is 23.2. The van der Waals surface area contributed by atoms with E-state index in [2.05, 4.69) is 21.7 Å². The quantitative estimate of drug-likeness (QED) is 0.268. The fraction of sp³-hybridized carbons (Fsp3) is 0.433. The third-order valence-corrected chi connectivity index (χ3v) is 7.98. The standard InChI is InChI=1S/C30H35F2N3O3S/c1-3-9-26(34-28(36)19(2)21-14-22(31)16-23(32)15-21)29(37)35-30-33-17-27(39-30)25-13-8-7-10-20(25)18-38-24-11-5-4-6-12-24/h7-8,10,13-17,19,24,26H,3-6,9,11-12,18H2,1-2H3,(H,34,36)(H,33,35,37)/t19?,26-/m0/s1. The summed E-state index contributed by atoms with van der Waals surface area (Å²) in [5, 5.41) is 5.98. The second-order valence-electron chi connectivity index (χ2n) is 10.0. The predicted octanol–water partition coefficient (Wildman–Crippen LogP) is 6.96. The lowest BCUT2D eigenvalue weighted by atomic mass is 9.97. The van der Waals surface area contributed by atoms with E-state index in [0.29, 0.717) is 30.7 Å². The normalized spacial score (nSPS) is 15.5. The Hall–Kier alpha value is -3.17. The van der Waals surface area contributed by atoms with Crippen LogP contribution in [0.5, 0.6) is 0 Å². The third kappa shape index (κ3) is 7.92. The van der Waals surface area contributed by atoms with Crippen molar-refractivity contribution in [1.29, 1.82) is 0 Å². The lowest BCUT2D eigenvalue weighted by Crippen LogP contribution is -2.45. The van der Waals surface area contributed by atoms with Crippen LogP contribution in [-0.4, -0.2) is 28.9 Å². The molecule has 9 heteroatoms. The van der Waals surface area contributed by atoms with Crippen molar-refractivity contribution in [2.75, 3.05) is 5.32 Å². The van der Waals surface area contributed by atoms with Crippen LogP contribution in [0.15, 0.2) is 48.7 Å². The fourth-order valence-electron chi connectivity index (χ4n) is 4.81. The number of anilines is 1. The molecule has 0 aliphatic heterocycles. The Bertz CT molecular complexity index is 1260. The van der Waals surface area contributed by atoms with Crippen molar-refractivity contribution in [2.24, 2.45) is 0 Å². The van der Waals surface area contributed by atoms with Crippen molar-refractivity contribution >= 4 is 28.3 Å². The summed E-state index contributed by atoms with van der Waals surface area (Å²) in [4.78, 5) is 31.3. The van der Waals surface area contributed by atoms with Gasteiger partial charge in [0.15, 0.2) is 5.13 Å². The Balaban J connectivity index is 1.40. The van der Waals surface area contributed by atoms with Crippen LogP contribution in [0.25, 0.3) is 10.4 Å². The molecular formula is C30H35F2N3O3S. The lowest BCUT2D eigenvalue weighted by molar-refractivity contribution is -0.127. The van der Waals surface area contributed by atoms with E-state index in [1.165, 1.54) is 30.6 Å². The van der Waals surface area contributed by atoms with E-state index in [9.17, 15) is 18.4 Å². The number of rotatable bonds is 11. The molecule has 39 heavy (non-hydrogen) atoms. The Kier molecular flexibility index (Phi) is 10.2. The summed E-state index contributed by atoms with van der Waals surface area (Å²) < 4.78 is 33.5. The molecule has 2 atom stereocenters. The molecule has 0 bridgehead atoms. The molecule has 1 aliphatic rings. The van der Waals surface area contributed by atoms with Crippen molar-refractivity contribution < 1.29 is 23.1 Å². The highest BCUT2D eigenvalue weighted by Gasteiger charge is 2.25. The van der Waals surface area contributed by atoms with Crippen LogP contribution in [0.3, 0.4) is 0 Å². The molecule has 2 N–H and O–H groups in total. The summed E-state index contributed by atoms with van der Waals surface area (Å²) in [5.74, 6) is -3.22. The maximum absolute atomic E-state index is 13.6. The monoisotopic (exact) mass is 555 g/mol. The molecular weight excluding hydrogens is 520 g/mol. The molecule has 6 nitrogen and oxygen atoms in total. The molecule has 1 fully saturated rings. The SMILES string of the molecule is CCC[C@H](NC(=O)C(C)c1cc(F)cc(F)c1)C(=O)Nc1ncc(-c2ccccc2COC2CCCCC2)s1. The van der Waals surface area contributed by atoms with Crippen LogP contribution >= 0.6 is 11.3 Å². The highest BCUT2D eigenvalue weighted by molar-refractivity contribution is 7.19. The van der Waals surface area contributed by atoms with Gasteiger partial charge in [0.2, 0.25) is 11.8 Å². The maximum Gasteiger partial charge on any atom is 0.248 e. The summed E-state index contributed by atoms with van der Waals surface area (Å²) in [5.41, 5.74) is 2.29. The third-order valence-electron chi connectivity index (χ3n) is 7.03. The van der Waals surface area contributed by atoms with E-state index >= 15 is 0 Å². The van der Waals surface area contributed by atoms with E-state index in [4.69, 9.17) is 4.74 Å². The van der Waals surface area contributed by atoms with Gasteiger partial charge in [-0.3, -0.25) is 9.59 Å². The number of carbonyl (C=O) groups is 2. The number of hydrogen-bond acceptors (Lipinski definition) is 5. The number of ether oxygens (including phenoxy) is 1.